The maximum absolute atomic E-state index is 12.8. The molecule has 4 rings (SSSR count). The first kappa shape index (κ1) is 16.8. The van der Waals surface area contributed by atoms with Gasteiger partial charge < -0.3 is 9.73 Å². The summed E-state index contributed by atoms with van der Waals surface area (Å²) in [6, 6.07) is 14.5. The molecule has 2 aromatic heterocycles. The fraction of sp³-hybridized carbons (Fsp3) is 0.158. The Morgan fingerprint density at radius 2 is 1.93 bits per heavy atom. The van der Waals surface area contributed by atoms with Crippen molar-refractivity contribution in [3.8, 4) is 5.69 Å². The molecule has 0 atom stereocenters. The van der Waals surface area contributed by atoms with Crippen molar-refractivity contribution in [2.75, 3.05) is 0 Å². The second-order valence-corrected chi connectivity index (χ2v) is 6.66. The number of para-hydroxylation sites is 2. The van der Waals surface area contributed by atoms with Gasteiger partial charge in [0.1, 0.15) is 5.69 Å². The Labute approximate surface area is 153 Å². The van der Waals surface area contributed by atoms with Crippen LogP contribution in [0.25, 0.3) is 16.8 Å². The van der Waals surface area contributed by atoms with E-state index < -0.39 is 11.3 Å². The van der Waals surface area contributed by atoms with E-state index in [-0.39, 0.29) is 17.1 Å². The smallest absolute Gasteiger partial charge is 0.407 e. The average molecular weight is 363 g/mol. The zero-order valence-electron chi connectivity index (χ0n) is 14.8. The molecule has 2 N–H and O–H groups in total. The number of benzene rings is 2. The van der Waals surface area contributed by atoms with Gasteiger partial charge in [-0.1, -0.05) is 29.5 Å². The Morgan fingerprint density at radius 1 is 1.15 bits per heavy atom. The highest BCUT2D eigenvalue weighted by molar-refractivity contribution is 6.04. The predicted octanol–water partition coefficient (Wildman–Crippen LogP) is 2.37. The summed E-state index contributed by atoms with van der Waals surface area (Å²) in [4.78, 5) is 26.8. The van der Waals surface area contributed by atoms with Crippen LogP contribution in [0, 0.1) is 0 Å². The zero-order chi connectivity index (χ0) is 19.0. The summed E-state index contributed by atoms with van der Waals surface area (Å²) < 4.78 is 6.75. The van der Waals surface area contributed by atoms with Crippen molar-refractivity contribution in [1.29, 1.82) is 0 Å². The van der Waals surface area contributed by atoms with Gasteiger partial charge in [0, 0.05) is 0 Å². The van der Waals surface area contributed by atoms with Crippen molar-refractivity contribution in [2.45, 2.75) is 19.4 Å². The summed E-state index contributed by atoms with van der Waals surface area (Å²) in [6.45, 7) is 3.66. The van der Waals surface area contributed by atoms with Gasteiger partial charge in [-0.25, -0.2) is 9.48 Å². The van der Waals surface area contributed by atoms with E-state index in [2.05, 4.69) is 20.6 Å². The summed E-state index contributed by atoms with van der Waals surface area (Å²) in [5, 5.41) is 11.3. The van der Waals surface area contributed by atoms with Crippen molar-refractivity contribution >= 4 is 17.0 Å². The molecule has 27 heavy (non-hydrogen) atoms. The predicted molar refractivity (Wildman–Crippen MR) is 98.7 cm³/mol. The standard InChI is InChI=1S/C19H17N5O3/c1-19(2,15-11-24(23-22-15)12-7-4-3-5-8-12)21-17(25)13-9-6-10-14-16(13)27-18(26)20-14/h3-11H,1-2H3,(H,20,26)(H,21,25). The topological polar surface area (TPSA) is 106 Å². The minimum absolute atomic E-state index is 0.226. The van der Waals surface area contributed by atoms with Gasteiger partial charge in [-0.2, -0.15) is 0 Å². The van der Waals surface area contributed by atoms with E-state index in [1.165, 1.54) is 0 Å². The summed E-state index contributed by atoms with van der Waals surface area (Å²) in [6.07, 6.45) is 1.77. The number of carbonyl (C=O) groups excluding carboxylic acids is 1. The molecule has 1 amide bonds. The average Bonchev–Trinajstić information content (AvgIpc) is 3.28. The van der Waals surface area contributed by atoms with E-state index in [1.807, 2.05) is 44.2 Å². The summed E-state index contributed by atoms with van der Waals surface area (Å²) in [7, 11) is 0. The lowest BCUT2D eigenvalue weighted by Gasteiger charge is -2.23. The van der Waals surface area contributed by atoms with Crippen molar-refractivity contribution in [3.05, 3.63) is 76.5 Å². The monoisotopic (exact) mass is 363 g/mol. The molecule has 0 aliphatic heterocycles. The third kappa shape index (κ3) is 3.12. The molecule has 0 spiro atoms. The lowest BCUT2D eigenvalue weighted by Crippen LogP contribution is -2.41. The fourth-order valence-electron chi connectivity index (χ4n) is 2.82. The minimum Gasteiger partial charge on any atom is -0.407 e. The number of fused-ring (bicyclic) bond motifs is 1. The van der Waals surface area contributed by atoms with Crippen LogP contribution in [0.3, 0.4) is 0 Å². The number of rotatable bonds is 4. The van der Waals surface area contributed by atoms with E-state index in [1.54, 1.807) is 29.1 Å². The molecule has 0 saturated carbocycles. The van der Waals surface area contributed by atoms with Crippen molar-refractivity contribution in [1.82, 2.24) is 25.3 Å². The molecule has 8 heteroatoms. The number of hydrogen-bond donors (Lipinski definition) is 2. The highest BCUT2D eigenvalue weighted by Crippen LogP contribution is 2.21. The Morgan fingerprint density at radius 3 is 2.70 bits per heavy atom. The molecule has 136 valence electrons. The van der Waals surface area contributed by atoms with Crippen LogP contribution in [-0.4, -0.2) is 25.9 Å². The normalized spacial score (nSPS) is 11.6. The first-order valence-electron chi connectivity index (χ1n) is 8.37. The van der Waals surface area contributed by atoms with Crippen LogP contribution < -0.4 is 11.1 Å². The van der Waals surface area contributed by atoms with Gasteiger partial charge in [-0.3, -0.25) is 9.78 Å². The molecule has 0 saturated heterocycles. The van der Waals surface area contributed by atoms with Crippen LogP contribution in [-0.2, 0) is 5.54 Å². The van der Waals surface area contributed by atoms with Crippen molar-refractivity contribution in [3.63, 3.8) is 0 Å². The molecular formula is C19H17N5O3. The third-order valence-corrected chi connectivity index (χ3v) is 4.27. The van der Waals surface area contributed by atoms with Gasteiger partial charge in [0.05, 0.1) is 28.5 Å². The lowest BCUT2D eigenvalue weighted by atomic mass is 10.0. The van der Waals surface area contributed by atoms with Crippen LogP contribution >= 0.6 is 0 Å². The molecule has 0 unspecified atom stereocenters. The van der Waals surface area contributed by atoms with Gasteiger partial charge >= 0.3 is 5.76 Å². The van der Waals surface area contributed by atoms with Crippen LogP contribution in [0.4, 0.5) is 0 Å². The molecule has 2 heterocycles. The highest BCUT2D eigenvalue weighted by atomic mass is 16.4. The summed E-state index contributed by atoms with van der Waals surface area (Å²) in [5.74, 6) is -0.974. The Kier molecular flexibility index (Phi) is 3.88. The van der Waals surface area contributed by atoms with Gasteiger partial charge in [0.15, 0.2) is 5.58 Å². The molecule has 0 radical (unpaired) electrons. The number of aromatic amines is 1. The maximum Gasteiger partial charge on any atom is 0.417 e. The molecule has 0 fully saturated rings. The van der Waals surface area contributed by atoms with Crippen molar-refractivity contribution < 1.29 is 9.21 Å². The molecule has 8 nitrogen and oxygen atoms in total. The number of oxazole rings is 1. The molecule has 0 aliphatic rings. The van der Waals surface area contributed by atoms with E-state index >= 15 is 0 Å². The van der Waals surface area contributed by atoms with Gasteiger partial charge in [-0.05, 0) is 38.1 Å². The van der Waals surface area contributed by atoms with Crippen LogP contribution in [0.15, 0.2) is 63.9 Å². The summed E-state index contributed by atoms with van der Waals surface area (Å²) >= 11 is 0. The van der Waals surface area contributed by atoms with E-state index in [0.717, 1.165) is 5.69 Å². The molecule has 0 aliphatic carbocycles. The van der Waals surface area contributed by atoms with Gasteiger partial charge in [-0.15, -0.1) is 5.10 Å². The second kappa shape index (κ2) is 6.24. The first-order valence-corrected chi connectivity index (χ1v) is 8.37. The highest BCUT2D eigenvalue weighted by Gasteiger charge is 2.28. The first-order chi connectivity index (χ1) is 12.9. The Hall–Kier alpha value is -3.68. The SMILES string of the molecule is CC(C)(NC(=O)c1cccc2[nH]c(=O)oc12)c1cn(-c2ccccc2)nn1. The van der Waals surface area contributed by atoms with Gasteiger partial charge in [0.25, 0.3) is 5.91 Å². The number of aromatic nitrogens is 4. The quantitative estimate of drug-likeness (QED) is 0.579. The van der Waals surface area contributed by atoms with E-state index in [9.17, 15) is 9.59 Å². The van der Waals surface area contributed by atoms with Crippen LogP contribution in [0.5, 0.6) is 0 Å². The largest absolute Gasteiger partial charge is 0.417 e. The summed E-state index contributed by atoms with van der Waals surface area (Å²) in [5.41, 5.74) is 1.65. The molecule has 2 aromatic carbocycles. The third-order valence-electron chi connectivity index (χ3n) is 4.27. The van der Waals surface area contributed by atoms with E-state index in [0.29, 0.717) is 11.2 Å². The zero-order valence-corrected chi connectivity index (χ0v) is 14.8. The van der Waals surface area contributed by atoms with Crippen molar-refractivity contribution in [2.24, 2.45) is 0 Å². The lowest BCUT2D eigenvalue weighted by molar-refractivity contribution is 0.0911. The Bertz CT molecular complexity index is 1170. The maximum atomic E-state index is 12.8. The number of carbonyl (C=O) groups is 1. The number of H-pyrrole nitrogens is 1. The Balaban J connectivity index is 1.62. The molecule has 4 aromatic rings. The van der Waals surface area contributed by atoms with Gasteiger partial charge in [0.2, 0.25) is 0 Å². The minimum atomic E-state index is -0.789. The number of amides is 1. The number of nitrogens with zero attached hydrogens (tertiary/aromatic N) is 3. The number of hydrogen-bond acceptors (Lipinski definition) is 5. The van der Waals surface area contributed by atoms with Crippen LogP contribution in [0.2, 0.25) is 0 Å². The van der Waals surface area contributed by atoms with Crippen LogP contribution in [0.1, 0.15) is 29.9 Å². The molecular weight excluding hydrogens is 346 g/mol. The number of nitrogens with one attached hydrogen (secondary N) is 2. The van der Waals surface area contributed by atoms with E-state index in [4.69, 9.17) is 4.42 Å². The second-order valence-electron chi connectivity index (χ2n) is 6.66. The molecule has 0 bridgehead atoms. The fourth-order valence-corrected chi connectivity index (χ4v) is 2.82.